The minimum atomic E-state index is -0.418. The minimum Gasteiger partial charge on any atom is -0.450 e. The number of anilines is 2. The number of hydrogen-bond acceptors (Lipinski definition) is 4. The van der Waals surface area contributed by atoms with Crippen molar-refractivity contribution < 1.29 is 9.53 Å². The second kappa shape index (κ2) is 6.26. The predicted octanol–water partition coefficient (Wildman–Crippen LogP) is 2.03. The van der Waals surface area contributed by atoms with E-state index in [2.05, 4.69) is 16.0 Å². The maximum Gasteiger partial charge on any atom is 0.411 e. The van der Waals surface area contributed by atoms with Crippen LogP contribution in [-0.4, -0.2) is 31.8 Å². The van der Waals surface area contributed by atoms with Crippen LogP contribution >= 0.6 is 0 Å². The molecule has 1 aliphatic rings. The van der Waals surface area contributed by atoms with Crippen molar-refractivity contribution in [2.45, 2.75) is 19.4 Å². The summed E-state index contributed by atoms with van der Waals surface area (Å²) in [5.41, 5.74) is 1.81. The van der Waals surface area contributed by atoms with Crippen LogP contribution in [-0.2, 0) is 4.74 Å². The molecule has 1 aromatic rings. The first-order valence-corrected chi connectivity index (χ1v) is 6.29. The van der Waals surface area contributed by atoms with Crippen LogP contribution < -0.4 is 16.0 Å². The molecule has 18 heavy (non-hydrogen) atoms. The first-order valence-electron chi connectivity index (χ1n) is 6.29. The van der Waals surface area contributed by atoms with Gasteiger partial charge in [0.05, 0.1) is 6.61 Å². The third-order valence-corrected chi connectivity index (χ3v) is 2.84. The lowest BCUT2D eigenvalue weighted by atomic mass is 10.2. The Morgan fingerprint density at radius 2 is 2.11 bits per heavy atom. The lowest BCUT2D eigenvalue weighted by Crippen LogP contribution is -2.22. The monoisotopic (exact) mass is 249 g/mol. The van der Waals surface area contributed by atoms with E-state index >= 15 is 0 Å². The highest BCUT2D eigenvalue weighted by molar-refractivity contribution is 5.84. The van der Waals surface area contributed by atoms with Crippen LogP contribution in [0.5, 0.6) is 0 Å². The molecule has 0 aromatic heterocycles. The van der Waals surface area contributed by atoms with Gasteiger partial charge in [-0.2, -0.15) is 0 Å². The smallest absolute Gasteiger partial charge is 0.411 e. The fourth-order valence-electron chi connectivity index (χ4n) is 1.95. The molecule has 2 rings (SSSR count). The fourth-order valence-corrected chi connectivity index (χ4v) is 1.95. The Bertz CT molecular complexity index is 386. The van der Waals surface area contributed by atoms with Gasteiger partial charge in [0.2, 0.25) is 0 Å². The van der Waals surface area contributed by atoms with Crippen molar-refractivity contribution in [2.24, 2.45) is 0 Å². The lowest BCUT2D eigenvalue weighted by molar-refractivity contribution is 0.168. The van der Waals surface area contributed by atoms with Crippen molar-refractivity contribution >= 4 is 17.5 Å². The Labute approximate surface area is 107 Å². The van der Waals surface area contributed by atoms with Crippen LogP contribution in [0.1, 0.15) is 13.3 Å². The Morgan fingerprint density at radius 3 is 2.72 bits per heavy atom. The van der Waals surface area contributed by atoms with Crippen molar-refractivity contribution in [3.05, 3.63) is 24.3 Å². The van der Waals surface area contributed by atoms with Gasteiger partial charge in [-0.3, -0.25) is 5.32 Å². The average molecular weight is 249 g/mol. The fraction of sp³-hybridized carbons (Fsp3) is 0.462. The van der Waals surface area contributed by atoms with Gasteiger partial charge in [0.15, 0.2) is 0 Å². The van der Waals surface area contributed by atoms with Crippen molar-refractivity contribution in [1.29, 1.82) is 0 Å². The molecule has 98 valence electrons. The van der Waals surface area contributed by atoms with Gasteiger partial charge in [-0.1, -0.05) is 0 Å². The molecule has 1 heterocycles. The summed E-state index contributed by atoms with van der Waals surface area (Å²) in [6.07, 6.45) is 0.723. The van der Waals surface area contributed by atoms with Crippen LogP contribution in [0.3, 0.4) is 0 Å². The van der Waals surface area contributed by atoms with E-state index in [0.717, 1.165) is 30.9 Å². The number of amides is 1. The topological polar surface area (TPSA) is 62.4 Å². The summed E-state index contributed by atoms with van der Waals surface area (Å²) < 4.78 is 4.81. The molecule has 1 unspecified atom stereocenters. The van der Waals surface area contributed by atoms with E-state index in [-0.39, 0.29) is 0 Å². The van der Waals surface area contributed by atoms with Gasteiger partial charge >= 0.3 is 6.09 Å². The summed E-state index contributed by atoms with van der Waals surface area (Å²) in [5.74, 6) is 0. The van der Waals surface area contributed by atoms with Gasteiger partial charge in [-0.05, 0) is 44.2 Å². The van der Waals surface area contributed by atoms with Gasteiger partial charge in [0.1, 0.15) is 0 Å². The van der Waals surface area contributed by atoms with Crippen LogP contribution in [0.25, 0.3) is 0 Å². The van der Waals surface area contributed by atoms with E-state index < -0.39 is 6.09 Å². The van der Waals surface area contributed by atoms with Crippen LogP contribution in [0.15, 0.2) is 24.3 Å². The summed E-state index contributed by atoms with van der Waals surface area (Å²) in [6.45, 7) is 4.23. The maximum atomic E-state index is 11.2. The van der Waals surface area contributed by atoms with Crippen LogP contribution in [0.4, 0.5) is 16.2 Å². The lowest BCUT2D eigenvalue weighted by Gasteiger charge is -2.13. The molecule has 0 spiro atoms. The molecule has 1 aliphatic heterocycles. The van der Waals surface area contributed by atoms with Gasteiger partial charge in [0, 0.05) is 24.0 Å². The molecule has 0 bridgehead atoms. The highest BCUT2D eigenvalue weighted by Crippen LogP contribution is 2.16. The third-order valence-electron chi connectivity index (χ3n) is 2.84. The normalized spacial score (nSPS) is 18.4. The Hall–Kier alpha value is -1.75. The highest BCUT2D eigenvalue weighted by Gasteiger charge is 2.13. The molecule has 0 aliphatic carbocycles. The number of carbonyl (C=O) groups excluding carboxylic acids is 1. The van der Waals surface area contributed by atoms with Gasteiger partial charge in [-0.25, -0.2) is 4.79 Å². The number of hydrogen-bond donors (Lipinski definition) is 3. The van der Waals surface area contributed by atoms with Crippen LogP contribution in [0, 0.1) is 0 Å². The molecule has 1 fully saturated rings. The highest BCUT2D eigenvalue weighted by atomic mass is 16.5. The molecule has 3 N–H and O–H groups in total. The number of carbonyl (C=O) groups is 1. The first kappa shape index (κ1) is 12.7. The molecule has 0 saturated carbocycles. The molecular formula is C13H19N3O2. The van der Waals surface area contributed by atoms with E-state index in [0.29, 0.717) is 12.6 Å². The van der Waals surface area contributed by atoms with Gasteiger partial charge in [0.25, 0.3) is 0 Å². The van der Waals surface area contributed by atoms with Gasteiger partial charge < -0.3 is 15.4 Å². The van der Waals surface area contributed by atoms with E-state index in [1.54, 1.807) is 6.92 Å². The van der Waals surface area contributed by atoms with E-state index in [4.69, 9.17) is 4.74 Å². The minimum absolute atomic E-state index is 0.375. The van der Waals surface area contributed by atoms with Crippen LogP contribution in [0.2, 0.25) is 0 Å². The summed E-state index contributed by atoms with van der Waals surface area (Å²) >= 11 is 0. The summed E-state index contributed by atoms with van der Waals surface area (Å²) in [4.78, 5) is 11.2. The third kappa shape index (κ3) is 3.63. The summed E-state index contributed by atoms with van der Waals surface area (Å²) in [5, 5.41) is 9.41. The Morgan fingerprint density at radius 1 is 1.39 bits per heavy atom. The zero-order valence-corrected chi connectivity index (χ0v) is 10.5. The predicted molar refractivity (Wildman–Crippen MR) is 72.0 cm³/mol. The molecule has 1 aromatic carbocycles. The number of benzene rings is 1. The molecule has 5 heteroatoms. The zero-order chi connectivity index (χ0) is 12.8. The average Bonchev–Trinajstić information content (AvgIpc) is 2.85. The standard InChI is InChI=1S/C13H19N3O2/c1-2-18-13(17)16-11-5-3-10(4-6-11)15-12-7-8-14-9-12/h3-6,12,14-15H,2,7-9H2,1H3,(H,16,17). The molecule has 1 amide bonds. The van der Waals surface area contributed by atoms with Crippen molar-refractivity contribution in [3.63, 3.8) is 0 Å². The molecule has 5 nitrogen and oxygen atoms in total. The number of ether oxygens (including phenoxy) is 1. The van der Waals surface area contributed by atoms with Gasteiger partial charge in [-0.15, -0.1) is 0 Å². The Balaban J connectivity index is 1.86. The molecular weight excluding hydrogens is 230 g/mol. The maximum absolute atomic E-state index is 11.2. The van der Waals surface area contributed by atoms with E-state index in [1.807, 2.05) is 24.3 Å². The Kier molecular flexibility index (Phi) is 4.41. The molecule has 1 saturated heterocycles. The largest absolute Gasteiger partial charge is 0.450 e. The van der Waals surface area contributed by atoms with E-state index in [1.165, 1.54) is 0 Å². The second-order valence-corrected chi connectivity index (χ2v) is 4.26. The quantitative estimate of drug-likeness (QED) is 0.764. The summed E-state index contributed by atoms with van der Waals surface area (Å²) in [6, 6.07) is 8.14. The number of nitrogens with one attached hydrogen (secondary N) is 3. The summed E-state index contributed by atoms with van der Waals surface area (Å²) in [7, 11) is 0. The van der Waals surface area contributed by atoms with Crippen molar-refractivity contribution in [2.75, 3.05) is 30.3 Å². The second-order valence-electron chi connectivity index (χ2n) is 4.26. The van der Waals surface area contributed by atoms with Crippen molar-refractivity contribution in [1.82, 2.24) is 5.32 Å². The first-order chi connectivity index (χ1) is 8.78. The molecule has 0 radical (unpaired) electrons. The van der Waals surface area contributed by atoms with Crippen molar-refractivity contribution in [3.8, 4) is 0 Å². The molecule has 1 atom stereocenters. The SMILES string of the molecule is CCOC(=O)Nc1ccc(NC2CCNC2)cc1. The van der Waals surface area contributed by atoms with E-state index in [9.17, 15) is 4.79 Å². The zero-order valence-electron chi connectivity index (χ0n) is 10.5. The number of rotatable bonds is 4.